The molecular weight excluding hydrogens is 295 g/mol. The molecule has 0 bridgehead atoms. The molecule has 0 radical (unpaired) electrons. The van der Waals surface area contributed by atoms with Crippen LogP contribution in [0.25, 0.3) is 0 Å². The van der Waals surface area contributed by atoms with Crippen molar-refractivity contribution >= 4 is 21.6 Å². The third-order valence-corrected chi connectivity index (χ3v) is 3.26. The molecule has 0 aliphatic rings. The van der Waals surface area contributed by atoms with Gasteiger partial charge in [-0.2, -0.15) is 0 Å². The summed E-state index contributed by atoms with van der Waals surface area (Å²) < 4.78 is 13.8. The Balaban J connectivity index is 2.18. The number of anilines is 1. The van der Waals surface area contributed by atoms with Crippen LogP contribution in [0.1, 0.15) is 24.2 Å². The molecule has 18 heavy (non-hydrogen) atoms. The maximum atomic E-state index is 12.8. The monoisotopic (exact) mass is 308 g/mol. The van der Waals surface area contributed by atoms with Gasteiger partial charge in [0.1, 0.15) is 5.82 Å². The zero-order chi connectivity index (χ0) is 13.1. The fourth-order valence-corrected chi connectivity index (χ4v) is 2.06. The van der Waals surface area contributed by atoms with Gasteiger partial charge >= 0.3 is 0 Å². The van der Waals surface area contributed by atoms with Gasteiger partial charge in [-0.3, -0.25) is 4.98 Å². The zero-order valence-corrected chi connectivity index (χ0v) is 11.8. The van der Waals surface area contributed by atoms with Crippen LogP contribution in [0.15, 0.2) is 41.0 Å². The highest BCUT2D eigenvalue weighted by Crippen LogP contribution is 2.24. The highest BCUT2D eigenvalue weighted by Gasteiger charge is 2.08. The molecule has 2 aromatic rings. The Hall–Kier alpha value is -1.42. The van der Waals surface area contributed by atoms with E-state index in [0.717, 1.165) is 21.4 Å². The van der Waals surface area contributed by atoms with Crippen LogP contribution in [0.5, 0.6) is 0 Å². The standard InChI is InChI=1S/C14H14BrFN2/c1-9-3-4-11(15)7-14(9)18-10(2)13-6-5-12(16)8-17-13/h3-8,10,18H,1-2H3. The van der Waals surface area contributed by atoms with Crippen molar-refractivity contribution in [2.24, 2.45) is 0 Å². The topological polar surface area (TPSA) is 24.9 Å². The van der Waals surface area contributed by atoms with Gasteiger partial charge in [0, 0.05) is 10.2 Å². The minimum Gasteiger partial charge on any atom is -0.377 e. The summed E-state index contributed by atoms with van der Waals surface area (Å²) >= 11 is 3.45. The van der Waals surface area contributed by atoms with Gasteiger partial charge in [0.15, 0.2) is 0 Å². The lowest BCUT2D eigenvalue weighted by Crippen LogP contribution is -2.09. The van der Waals surface area contributed by atoms with Crippen molar-refractivity contribution in [3.8, 4) is 0 Å². The van der Waals surface area contributed by atoms with Gasteiger partial charge < -0.3 is 5.32 Å². The van der Waals surface area contributed by atoms with Crippen LogP contribution in [-0.2, 0) is 0 Å². The molecule has 1 unspecified atom stereocenters. The Morgan fingerprint density at radius 2 is 2.06 bits per heavy atom. The smallest absolute Gasteiger partial charge is 0.141 e. The number of pyridine rings is 1. The number of hydrogen-bond donors (Lipinski definition) is 1. The van der Waals surface area contributed by atoms with E-state index in [1.165, 1.54) is 12.3 Å². The molecule has 0 saturated heterocycles. The molecule has 1 atom stereocenters. The first-order chi connectivity index (χ1) is 8.56. The normalized spacial score (nSPS) is 12.2. The van der Waals surface area contributed by atoms with Crippen LogP contribution in [0.4, 0.5) is 10.1 Å². The van der Waals surface area contributed by atoms with Gasteiger partial charge in [-0.05, 0) is 43.7 Å². The van der Waals surface area contributed by atoms with Crippen molar-refractivity contribution in [2.45, 2.75) is 19.9 Å². The number of benzene rings is 1. The Labute approximate surface area is 114 Å². The van der Waals surface area contributed by atoms with Crippen LogP contribution >= 0.6 is 15.9 Å². The SMILES string of the molecule is Cc1ccc(Br)cc1NC(C)c1ccc(F)cn1. The van der Waals surface area contributed by atoms with E-state index in [1.54, 1.807) is 6.07 Å². The van der Waals surface area contributed by atoms with Gasteiger partial charge in [-0.25, -0.2) is 4.39 Å². The summed E-state index contributed by atoms with van der Waals surface area (Å²) in [5.74, 6) is -0.315. The summed E-state index contributed by atoms with van der Waals surface area (Å²) in [7, 11) is 0. The van der Waals surface area contributed by atoms with Gasteiger partial charge in [0.05, 0.1) is 17.9 Å². The van der Waals surface area contributed by atoms with Gasteiger partial charge in [0.2, 0.25) is 0 Å². The largest absolute Gasteiger partial charge is 0.377 e. The van der Waals surface area contributed by atoms with Crippen LogP contribution in [0, 0.1) is 12.7 Å². The van der Waals surface area contributed by atoms with Crippen molar-refractivity contribution in [3.05, 3.63) is 58.1 Å². The van der Waals surface area contributed by atoms with E-state index < -0.39 is 0 Å². The first kappa shape index (κ1) is 13.0. The average Bonchev–Trinajstić information content (AvgIpc) is 2.34. The van der Waals surface area contributed by atoms with Gasteiger partial charge in [-0.15, -0.1) is 0 Å². The zero-order valence-electron chi connectivity index (χ0n) is 10.2. The molecule has 0 fully saturated rings. The molecule has 4 heteroatoms. The second kappa shape index (κ2) is 5.48. The van der Waals surface area contributed by atoms with Gasteiger partial charge in [-0.1, -0.05) is 22.0 Å². The molecule has 2 nitrogen and oxygen atoms in total. The molecule has 1 aromatic carbocycles. The second-order valence-electron chi connectivity index (χ2n) is 4.23. The third kappa shape index (κ3) is 3.07. The summed E-state index contributed by atoms with van der Waals surface area (Å²) in [5, 5.41) is 3.37. The number of aromatic nitrogens is 1. The molecule has 0 spiro atoms. The van der Waals surface area contributed by atoms with E-state index in [0.29, 0.717) is 0 Å². The molecule has 0 saturated carbocycles. The second-order valence-corrected chi connectivity index (χ2v) is 5.14. The number of halogens is 2. The number of rotatable bonds is 3. The van der Waals surface area contributed by atoms with Crippen LogP contribution < -0.4 is 5.32 Å². The fourth-order valence-electron chi connectivity index (χ4n) is 1.70. The number of nitrogens with one attached hydrogen (secondary N) is 1. The lowest BCUT2D eigenvalue weighted by molar-refractivity contribution is 0.617. The molecule has 2 rings (SSSR count). The van der Waals surface area contributed by atoms with Crippen molar-refractivity contribution in [3.63, 3.8) is 0 Å². The summed E-state index contributed by atoms with van der Waals surface area (Å²) in [6.07, 6.45) is 1.24. The molecule has 0 aliphatic heterocycles. The van der Waals surface area contributed by atoms with Crippen molar-refractivity contribution in [2.75, 3.05) is 5.32 Å². The van der Waals surface area contributed by atoms with E-state index in [2.05, 4.69) is 26.2 Å². The van der Waals surface area contributed by atoms with E-state index in [9.17, 15) is 4.39 Å². The molecule has 0 amide bonds. The molecule has 94 valence electrons. The summed E-state index contributed by atoms with van der Waals surface area (Å²) in [6.45, 7) is 4.04. The van der Waals surface area contributed by atoms with Crippen molar-refractivity contribution < 1.29 is 4.39 Å². The lowest BCUT2D eigenvalue weighted by Gasteiger charge is -2.16. The Morgan fingerprint density at radius 3 is 2.72 bits per heavy atom. The molecule has 0 aliphatic carbocycles. The van der Waals surface area contributed by atoms with E-state index in [4.69, 9.17) is 0 Å². The number of aryl methyl sites for hydroxylation is 1. The molecule has 1 aromatic heterocycles. The van der Waals surface area contributed by atoms with E-state index in [1.807, 2.05) is 32.0 Å². The molecular formula is C14H14BrFN2. The quantitative estimate of drug-likeness (QED) is 0.905. The first-order valence-corrected chi connectivity index (χ1v) is 6.49. The molecule has 1 heterocycles. The van der Waals surface area contributed by atoms with E-state index in [-0.39, 0.29) is 11.9 Å². The minimum absolute atomic E-state index is 0.0265. The van der Waals surface area contributed by atoms with Crippen LogP contribution in [0.2, 0.25) is 0 Å². The van der Waals surface area contributed by atoms with Crippen molar-refractivity contribution in [1.82, 2.24) is 4.98 Å². The number of hydrogen-bond acceptors (Lipinski definition) is 2. The third-order valence-electron chi connectivity index (χ3n) is 2.77. The average molecular weight is 309 g/mol. The highest BCUT2D eigenvalue weighted by atomic mass is 79.9. The predicted octanol–water partition coefficient (Wildman–Crippen LogP) is 4.46. The maximum Gasteiger partial charge on any atom is 0.141 e. The summed E-state index contributed by atoms with van der Waals surface area (Å²) in [5.41, 5.74) is 3.02. The van der Waals surface area contributed by atoms with E-state index >= 15 is 0 Å². The Morgan fingerprint density at radius 1 is 1.28 bits per heavy atom. The summed E-state index contributed by atoms with van der Waals surface area (Å²) in [4.78, 5) is 4.08. The Kier molecular flexibility index (Phi) is 3.97. The summed E-state index contributed by atoms with van der Waals surface area (Å²) in [6, 6.07) is 9.21. The predicted molar refractivity (Wildman–Crippen MR) is 75.1 cm³/mol. The lowest BCUT2D eigenvalue weighted by atomic mass is 10.1. The number of nitrogens with zero attached hydrogens (tertiary/aromatic N) is 1. The van der Waals surface area contributed by atoms with Gasteiger partial charge in [0.25, 0.3) is 0 Å². The van der Waals surface area contributed by atoms with Crippen molar-refractivity contribution in [1.29, 1.82) is 0 Å². The minimum atomic E-state index is -0.315. The van der Waals surface area contributed by atoms with Crippen LogP contribution in [0.3, 0.4) is 0 Å². The fraction of sp³-hybridized carbons (Fsp3) is 0.214. The molecule has 1 N–H and O–H groups in total. The highest BCUT2D eigenvalue weighted by molar-refractivity contribution is 9.10. The first-order valence-electron chi connectivity index (χ1n) is 5.70. The van der Waals surface area contributed by atoms with Crippen LogP contribution in [-0.4, -0.2) is 4.98 Å². The Bertz CT molecular complexity index is 540. The maximum absolute atomic E-state index is 12.8.